The van der Waals surface area contributed by atoms with Crippen molar-refractivity contribution in [2.75, 3.05) is 24.5 Å². The number of piperidine rings is 1. The molecule has 1 saturated heterocycles. The number of fused-ring (bicyclic) bond motifs is 2. The van der Waals surface area contributed by atoms with Gasteiger partial charge in [-0.1, -0.05) is 80.1 Å². The number of aromatic nitrogens is 4. The molecule has 2 atom stereocenters. The first-order valence-corrected chi connectivity index (χ1v) is 15.7. The summed E-state index contributed by atoms with van der Waals surface area (Å²) in [7, 11) is 0. The number of nitrogens with one attached hydrogen (secondary N) is 1. The molecule has 1 aromatic heterocycles. The van der Waals surface area contributed by atoms with Gasteiger partial charge >= 0.3 is 0 Å². The molecule has 0 saturated carbocycles. The van der Waals surface area contributed by atoms with E-state index in [0.29, 0.717) is 30.5 Å². The van der Waals surface area contributed by atoms with E-state index in [-0.39, 0.29) is 34.8 Å². The van der Waals surface area contributed by atoms with Crippen LogP contribution in [0.3, 0.4) is 0 Å². The number of hydrogen-bond donors (Lipinski definition) is 1. The molecule has 2 aliphatic heterocycles. The van der Waals surface area contributed by atoms with Crippen molar-refractivity contribution in [1.29, 1.82) is 0 Å². The minimum Gasteiger partial charge on any atom is -0.343 e. The fourth-order valence-electron chi connectivity index (χ4n) is 6.08. The lowest BCUT2D eigenvalue weighted by Crippen LogP contribution is -2.45. The summed E-state index contributed by atoms with van der Waals surface area (Å²) in [6.07, 6.45) is 1.69. The predicted molar refractivity (Wildman–Crippen MR) is 168 cm³/mol. The fraction of sp³-hybridized carbons (Fsp3) is 0.406. The predicted octanol–water partition coefficient (Wildman–Crippen LogP) is 6.39. The van der Waals surface area contributed by atoms with Gasteiger partial charge in [0.05, 0.1) is 10.5 Å². The second-order valence-electron chi connectivity index (χ2n) is 12.4. The summed E-state index contributed by atoms with van der Waals surface area (Å²) in [4.78, 5) is 32.0. The third-order valence-electron chi connectivity index (χ3n) is 8.08. The van der Waals surface area contributed by atoms with Gasteiger partial charge in [-0.2, -0.15) is 5.21 Å². The molecule has 0 aliphatic carbocycles. The number of nitrogens with zero attached hydrogens (tertiary/aromatic N) is 5. The Morgan fingerprint density at radius 3 is 2.55 bits per heavy atom. The van der Waals surface area contributed by atoms with Crippen LogP contribution in [-0.4, -0.2) is 62.2 Å². The Hall–Kier alpha value is -3.43. The number of likely N-dealkylation sites (tertiary alicyclic amines) is 1. The topological polar surface area (TPSA) is 95.1 Å². The monoisotopic (exact) mass is 602 g/mol. The van der Waals surface area contributed by atoms with Crippen molar-refractivity contribution in [2.45, 2.75) is 56.5 Å². The number of aromatic amines is 1. The number of thioether (sulfide) groups is 1. The van der Waals surface area contributed by atoms with Crippen LogP contribution >= 0.6 is 23.4 Å². The summed E-state index contributed by atoms with van der Waals surface area (Å²) < 4.78 is 0. The van der Waals surface area contributed by atoms with Gasteiger partial charge in [-0.15, -0.1) is 22.0 Å². The Kier molecular flexibility index (Phi) is 7.98. The number of benzene rings is 3. The summed E-state index contributed by atoms with van der Waals surface area (Å²) in [5, 5.41) is 16.6. The van der Waals surface area contributed by atoms with Gasteiger partial charge in [-0.05, 0) is 58.4 Å². The van der Waals surface area contributed by atoms with E-state index in [1.54, 1.807) is 11.8 Å². The van der Waals surface area contributed by atoms with E-state index in [1.165, 1.54) is 0 Å². The number of rotatable bonds is 5. The Morgan fingerprint density at radius 1 is 1.05 bits per heavy atom. The largest absolute Gasteiger partial charge is 0.343 e. The molecule has 4 aromatic rings. The van der Waals surface area contributed by atoms with Crippen LogP contribution in [0.25, 0.3) is 10.8 Å². The van der Waals surface area contributed by atoms with Crippen molar-refractivity contribution in [3.63, 3.8) is 0 Å². The first kappa shape index (κ1) is 28.7. The molecule has 0 unspecified atom stereocenters. The lowest BCUT2D eigenvalue weighted by molar-refractivity contribution is -0.133. The molecule has 218 valence electrons. The van der Waals surface area contributed by atoms with Gasteiger partial charge in [0.25, 0.3) is 0 Å². The lowest BCUT2D eigenvalue weighted by Gasteiger charge is -2.33. The Morgan fingerprint density at radius 2 is 1.81 bits per heavy atom. The first-order chi connectivity index (χ1) is 20.2. The number of carbonyl (C=O) groups is 2. The van der Waals surface area contributed by atoms with Gasteiger partial charge in [0.15, 0.2) is 5.82 Å². The molecular formula is C32H35ClN6O2S. The zero-order chi connectivity index (χ0) is 29.4. The maximum atomic E-state index is 14.4. The highest BCUT2D eigenvalue weighted by Gasteiger charge is 2.40. The molecule has 0 radical (unpaired) electrons. The SMILES string of the molecule is CC(C)(C)CN1C(=O)[C@H](CC(=O)N2CCC(c3nn[nH]n3)CC2)S[C@@H](c2cccc3ccccc23)c2cc(Cl)ccc21. The van der Waals surface area contributed by atoms with Crippen LogP contribution < -0.4 is 4.90 Å². The average Bonchev–Trinajstić information content (AvgIpc) is 3.49. The van der Waals surface area contributed by atoms with Crippen molar-refractivity contribution in [3.05, 3.63) is 82.6 Å². The second kappa shape index (κ2) is 11.7. The summed E-state index contributed by atoms with van der Waals surface area (Å²) in [5.41, 5.74) is 2.82. The van der Waals surface area contributed by atoms with E-state index in [0.717, 1.165) is 40.4 Å². The van der Waals surface area contributed by atoms with Crippen molar-refractivity contribution in [2.24, 2.45) is 5.41 Å². The number of tetrazole rings is 1. The number of hydrogen-bond acceptors (Lipinski definition) is 6. The molecule has 1 fully saturated rings. The quantitative estimate of drug-likeness (QED) is 0.285. The Bertz CT molecular complexity index is 1590. The molecular weight excluding hydrogens is 568 g/mol. The number of carbonyl (C=O) groups excluding carboxylic acids is 2. The average molecular weight is 603 g/mol. The van der Waals surface area contributed by atoms with E-state index < -0.39 is 5.25 Å². The second-order valence-corrected chi connectivity index (χ2v) is 14.1. The zero-order valence-electron chi connectivity index (χ0n) is 24.1. The molecule has 8 nitrogen and oxygen atoms in total. The number of amides is 2. The van der Waals surface area contributed by atoms with Crippen LogP contribution in [0.4, 0.5) is 5.69 Å². The normalized spacial score (nSPS) is 20.0. The van der Waals surface area contributed by atoms with Crippen LogP contribution in [0.2, 0.25) is 5.02 Å². The molecule has 1 N–H and O–H groups in total. The van der Waals surface area contributed by atoms with Gasteiger partial charge < -0.3 is 9.80 Å². The number of anilines is 1. The maximum Gasteiger partial charge on any atom is 0.240 e. The van der Waals surface area contributed by atoms with E-state index in [4.69, 9.17) is 11.6 Å². The van der Waals surface area contributed by atoms with Gasteiger partial charge in [0, 0.05) is 42.7 Å². The molecule has 2 aliphatic rings. The van der Waals surface area contributed by atoms with Crippen molar-refractivity contribution in [1.82, 2.24) is 25.5 Å². The smallest absolute Gasteiger partial charge is 0.240 e. The summed E-state index contributed by atoms with van der Waals surface area (Å²) >= 11 is 8.17. The highest BCUT2D eigenvalue weighted by molar-refractivity contribution is 8.01. The van der Waals surface area contributed by atoms with E-state index in [1.807, 2.05) is 40.1 Å². The molecule has 3 heterocycles. The van der Waals surface area contributed by atoms with Crippen LogP contribution in [-0.2, 0) is 9.59 Å². The first-order valence-electron chi connectivity index (χ1n) is 14.4. The lowest BCUT2D eigenvalue weighted by atomic mass is 9.93. The van der Waals surface area contributed by atoms with Gasteiger partial charge in [0.2, 0.25) is 11.8 Å². The summed E-state index contributed by atoms with van der Waals surface area (Å²) in [6.45, 7) is 8.14. The van der Waals surface area contributed by atoms with Crippen LogP contribution in [0.1, 0.15) is 68.2 Å². The van der Waals surface area contributed by atoms with E-state index in [9.17, 15) is 9.59 Å². The molecule has 3 aromatic carbocycles. The Labute approximate surface area is 255 Å². The highest BCUT2D eigenvalue weighted by atomic mass is 35.5. The zero-order valence-corrected chi connectivity index (χ0v) is 25.7. The number of H-pyrrole nitrogens is 1. The molecule has 42 heavy (non-hydrogen) atoms. The van der Waals surface area contributed by atoms with Gasteiger partial charge in [0.1, 0.15) is 0 Å². The maximum absolute atomic E-state index is 14.4. The third-order valence-corrected chi connectivity index (χ3v) is 9.79. The summed E-state index contributed by atoms with van der Waals surface area (Å²) in [5.74, 6) is 0.850. The van der Waals surface area contributed by atoms with Gasteiger partial charge in [-0.25, -0.2) is 0 Å². The minimum atomic E-state index is -0.551. The standard InChI is InChI=1S/C32H35ClN6O2S/c1-32(2,3)19-39-26-12-11-22(33)17-25(26)29(24-10-6-8-20-7-4-5-9-23(20)24)42-27(31(39)41)18-28(40)38-15-13-21(14-16-38)30-34-36-37-35-30/h4-12,17,21,27,29H,13-16,18-19H2,1-3H3,(H,34,35,36,37)/t27-,29-/m0/s1. The van der Waals surface area contributed by atoms with Crippen molar-refractivity contribution in [3.8, 4) is 0 Å². The fourth-order valence-corrected chi connectivity index (χ4v) is 7.76. The Balaban J connectivity index is 1.35. The van der Waals surface area contributed by atoms with Crippen molar-refractivity contribution >= 4 is 51.6 Å². The van der Waals surface area contributed by atoms with E-state index >= 15 is 0 Å². The molecule has 10 heteroatoms. The third kappa shape index (κ3) is 5.90. The van der Waals surface area contributed by atoms with E-state index in [2.05, 4.69) is 71.7 Å². The molecule has 0 spiro atoms. The van der Waals surface area contributed by atoms with Crippen LogP contribution in [0.15, 0.2) is 60.7 Å². The highest BCUT2D eigenvalue weighted by Crippen LogP contribution is 2.49. The summed E-state index contributed by atoms with van der Waals surface area (Å²) in [6, 6.07) is 20.4. The molecule has 6 rings (SSSR count). The minimum absolute atomic E-state index is 0.00350. The molecule has 2 amide bonds. The van der Waals surface area contributed by atoms with Crippen molar-refractivity contribution < 1.29 is 9.59 Å². The van der Waals surface area contributed by atoms with Crippen LogP contribution in [0.5, 0.6) is 0 Å². The van der Waals surface area contributed by atoms with Gasteiger partial charge in [-0.3, -0.25) is 9.59 Å². The molecule has 0 bridgehead atoms. The van der Waals surface area contributed by atoms with Crippen LogP contribution in [0, 0.1) is 5.41 Å². The number of halogens is 1.